The minimum Gasteiger partial charge on any atom is -0.0616 e. The Balaban J connectivity index is 1.54. The summed E-state index contributed by atoms with van der Waals surface area (Å²) in [4.78, 5) is 0. The van der Waals surface area contributed by atoms with E-state index in [4.69, 9.17) is 0 Å². The summed E-state index contributed by atoms with van der Waals surface area (Å²) < 4.78 is 0. The fourth-order valence-electron chi connectivity index (χ4n) is 5.87. The van der Waals surface area contributed by atoms with E-state index in [2.05, 4.69) is 141 Å². The maximum atomic E-state index is 2.36. The van der Waals surface area contributed by atoms with Gasteiger partial charge >= 0.3 is 0 Å². The molecule has 7 aromatic rings. The van der Waals surface area contributed by atoms with E-state index in [-0.39, 0.29) is 0 Å². The average Bonchev–Trinajstić information content (AvgIpc) is 2.95. The minimum absolute atomic E-state index is 0.527. The van der Waals surface area contributed by atoms with Crippen LogP contribution in [0.25, 0.3) is 65.3 Å². The monoisotopic (exact) mass is 472 g/mol. The molecule has 37 heavy (non-hydrogen) atoms. The van der Waals surface area contributed by atoms with E-state index in [1.807, 2.05) is 0 Å². The molecule has 0 aliphatic heterocycles. The van der Waals surface area contributed by atoms with E-state index in [1.165, 1.54) is 70.9 Å². The van der Waals surface area contributed by atoms with Crippen LogP contribution in [0.1, 0.15) is 25.3 Å². The Morgan fingerprint density at radius 3 is 1.32 bits per heavy atom. The molecule has 0 heteroatoms. The van der Waals surface area contributed by atoms with Gasteiger partial charge < -0.3 is 0 Å². The van der Waals surface area contributed by atoms with Crippen molar-refractivity contribution >= 4 is 43.1 Å². The van der Waals surface area contributed by atoms with Gasteiger partial charge in [0.15, 0.2) is 0 Å². The second-order valence-corrected chi connectivity index (χ2v) is 10.4. The number of fused-ring (bicyclic) bond motifs is 4. The van der Waals surface area contributed by atoms with E-state index in [0.717, 1.165) is 0 Å². The second-order valence-electron chi connectivity index (χ2n) is 10.4. The van der Waals surface area contributed by atoms with Crippen LogP contribution in [0.3, 0.4) is 0 Å². The van der Waals surface area contributed by atoms with Gasteiger partial charge in [-0.3, -0.25) is 0 Å². The molecule has 0 aliphatic carbocycles. The molecule has 0 bridgehead atoms. The zero-order valence-electron chi connectivity index (χ0n) is 21.2. The van der Waals surface area contributed by atoms with Gasteiger partial charge in [0.1, 0.15) is 0 Å². The van der Waals surface area contributed by atoms with E-state index < -0.39 is 0 Å². The van der Waals surface area contributed by atoms with Crippen molar-refractivity contribution in [1.29, 1.82) is 0 Å². The highest BCUT2D eigenvalue weighted by Crippen LogP contribution is 2.44. The minimum atomic E-state index is 0.527. The lowest BCUT2D eigenvalue weighted by molar-refractivity contribution is 0.869. The maximum absolute atomic E-state index is 2.36. The van der Waals surface area contributed by atoms with Gasteiger partial charge in [0.2, 0.25) is 0 Å². The zero-order valence-corrected chi connectivity index (χ0v) is 21.2. The van der Waals surface area contributed by atoms with Crippen molar-refractivity contribution in [2.45, 2.75) is 19.8 Å². The molecule has 0 heterocycles. The van der Waals surface area contributed by atoms with Crippen LogP contribution in [0.5, 0.6) is 0 Å². The molecule has 0 fully saturated rings. The summed E-state index contributed by atoms with van der Waals surface area (Å²) in [5.41, 5.74) is 6.53. The molecule has 0 atom stereocenters. The molecule has 0 unspecified atom stereocenters. The summed E-state index contributed by atoms with van der Waals surface area (Å²) >= 11 is 0. The molecular weight excluding hydrogens is 444 g/mol. The molecule has 7 aromatic carbocycles. The first kappa shape index (κ1) is 21.8. The summed E-state index contributed by atoms with van der Waals surface area (Å²) in [6.07, 6.45) is 0. The molecule has 7 rings (SSSR count). The lowest BCUT2D eigenvalue weighted by Crippen LogP contribution is -1.91. The van der Waals surface area contributed by atoms with Crippen molar-refractivity contribution in [3.8, 4) is 22.3 Å². The van der Waals surface area contributed by atoms with Gasteiger partial charge in [-0.05, 0) is 89.0 Å². The van der Waals surface area contributed by atoms with Crippen molar-refractivity contribution in [3.63, 3.8) is 0 Å². The molecular formula is C37H28. The first-order valence-corrected chi connectivity index (χ1v) is 13.1. The van der Waals surface area contributed by atoms with E-state index in [0.29, 0.717) is 5.92 Å². The molecule has 0 amide bonds. The van der Waals surface area contributed by atoms with Gasteiger partial charge in [0.05, 0.1) is 0 Å². The molecule has 0 nitrogen and oxygen atoms in total. The SMILES string of the molecule is CC(C)c1ccc2cc(-c3c4ccccc4c(-c4ccc5ccccc5c4)c4ccccc34)ccc2c1. The van der Waals surface area contributed by atoms with Gasteiger partial charge in [0.25, 0.3) is 0 Å². The van der Waals surface area contributed by atoms with Crippen LogP contribution >= 0.6 is 0 Å². The number of rotatable bonds is 3. The normalized spacial score (nSPS) is 11.8. The lowest BCUT2D eigenvalue weighted by Gasteiger charge is -2.18. The highest BCUT2D eigenvalue weighted by molar-refractivity contribution is 6.22. The molecule has 0 radical (unpaired) electrons. The number of hydrogen-bond donors (Lipinski definition) is 0. The summed E-state index contributed by atoms with van der Waals surface area (Å²) in [6, 6.07) is 47.1. The van der Waals surface area contributed by atoms with E-state index in [1.54, 1.807) is 0 Å². The Morgan fingerprint density at radius 1 is 0.378 bits per heavy atom. The van der Waals surface area contributed by atoms with Crippen LogP contribution < -0.4 is 0 Å². The van der Waals surface area contributed by atoms with Gasteiger partial charge in [-0.25, -0.2) is 0 Å². The molecule has 0 aromatic heterocycles. The van der Waals surface area contributed by atoms with E-state index >= 15 is 0 Å². The molecule has 0 saturated heterocycles. The van der Waals surface area contributed by atoms with Crippen molar-refractivity contribution in [1.82, 2.24) is 0 Å². The maximum Gasteiger partial charge on any atom is -0.00262 e. The predicted molar refractivity (Wildman–Crippen MR) is 161 cm³/mol. The topological polar surface area (TPSA) is 0 Å². The van der Waals surface area contributed by atoms with Crippen molar-refractivity contribution in [3.05, 3.63) is 133 Å². The third kappa shape index (κ3) is 3.60. The summed E-state index contributed by atoms with van der Waals surface area (Å²) in [5.74, 6) is 0.527. The van der Waals surface area contributed by atoms with E-state index in [9.17, 15) is 0 Å². The Bertz CT molecular complexity index is 1900. The summed E-state index contributed by atoms with van der Waals surface area (Å²) in [5, 5.41) is 10.3. The van der Waals surface area contributed by atoms with Gasteiger partial charge in [-0.1, -0.05) is 129 Å². The number of hydrogen-bond acceptors (Lipinski definition) is 0. The largest absolute Gasteiger partial charge is 0.0616 e. The van der Waals surface area contributed by atoms with Crippen molar-refractivity contribution < 1.29 is 0 Å². The van der Waals surface area contributed by atoms with Crippen LogP contribution in [0.4, 0.5) is 0 Å². The molecule has 0 spiro atoms. The standard InChI is InChI=1S/C37H28/c1-24(2)26-16-17-29-23-31(20-18-28(29)21-26)37-34-13-7-5-11-32(34)36(33-12-6-8-14-35(33)37)30-19-15-25-9-3-4-10-27(25)22-30/h3-24H,1-2H3. The third-order valence-electron chi connectivity index (χ3n) is 7.79. The first-order chi connectivity index (χ1) is 18.2. The molecule has 0 N–H and O–H groups in total. The van der Waals surface area contributed by atoms with Crippen LogP contribution in [-0.4, -0.2) is 0 Å². The van der Waals surface area contributed by atoms with Crippen LogP contribution in [0.2, 0.25) is 0 Å². The third-order valence-corrected chi connectivity index (χ3v) is 7.79. The Morgan fingerprint density at radius 2 is 0.784 bits per heavy atom. The highest BCUT2D eigenvalue weighted by Gasteiger charge is 2.17. The lowest BCUT2D eigenvalue weighted by atomic mass is 9.85. The van der Waals surface area contributed by atoms with Crippen LogP contribution in [-0.2, 0) is 0 Å². The van der Waals surface area contributed by atoms with Crippen LogP contribution in [0.15, 0.2) is 127 Å². The fourth-order valence-corrected chi connectivity index (χ4v) is 5.87. The van der Waals surface area contributed by atoms with Gasteiger partial charge in [-0.15, -0.1) is 0 Å². The average molecular weight is 473 g/mol. The smallest absolute Gasteiger partial charge is 0.00262 e. The fraction of sp³-hybridized carbons (Fsp3) is 0.0811. The van der Waals surface area contributed by atoms with Gasteiger partial charge in [-0.2, -0.15) is 0 Å². The molecule has 176 valence electrons. The summed E-state index contributed by atoms with van der Waals surface area (Å²) in [7, 11) is 0. The zero-order chi connectivity index (χ0) is 24.9. The summed E-state index contributed by atoms with van der Waals surface area (Å²) in [6.45, 7) is 4.51. The first-order valence-electron chi connectivity index (χ1n) is 13.1. The quantitative estimate of drug-likeness (QED) is 0.224. The number of benzene rings is 7. The van der Waals surface area contributed by atoms with Crippen molar-refractivity contribution in [2.24, 2.45) is 0 Å². The van der Waals surface area contributed by atoms with Gasteiger partial charge in [0, 0.05) is 0 Å². The Kier molecular flexibility index (Phi) is 5.08. The van der Waals surface area contributed by atoms with Crippen LogP contribution in [0, 0.1) is 0 Å². The Labute approximate surface area is 217 Å². The molecule has 0 aliphatic rings. The van der Waals surface area contributed by atoms with Crippen molar-refractivity contribution in [2.75, 3.05) is 0 Å². The predicted octanol–water partition coefficient (Wildman–Crippen LogP) is 10.8. The second kappa shape index (κ2) is 8.61. The molecule has 0 saturated carbocycles. The highest BCUT2D eigenvalue weighted by atomic mass is 14.2. The Hall–Kier alpha value is -4.42.